The topological polar surface area (TPSA) is 29.5 Å². The fourth-order valence-corrected chi connectivity index (χ4v) is 1.31. The van der Waals surface area contributed by atoms with E-state index in [4.69, 9.17) is 9.84 Å². The molecule has 0 amide bonds. The first-order valence-electron chi connectivity index (χ1n) is 3.09. The summed E-state index contributed by atoms with van der Waals surface area (Å²) in [6.07, 6.45) is 0. The molecular weight excluding hydrogens is 208 g/mol. The van der Waals surface area contributed by atoms with Crippen LogP contribution in [0.2, 0.25) is 0 Å². The van der Waals surface area contributed by atoms with Crippen molar-refractivity contribution in [2.24, 2.45) is 0 Å². The molecule has 0 aliphatic heterocycles. The van der Waals surface area contributed by atoms with Crippen molar-refractivity contribution in [1.82, 2.24) is 0 Å². The predicted octanol–water partition coefficient (Wildman–Crippen LogP) is 2.34. The minimum absolute atomic E-state index is 0.712. The van der Waals surface area contributed by atoms with Crippen LogP contribution in [0.3, 0.4) is 0 Å². The van der Waals surface area contributed by atoms with E-state index < -0.39 is 0 Å². The van der Waals surface area contributed by atoms with Crippen molar-refractivity contribution in [3.05, 3.63) is 34.8 Å². The summed E-state index contributed by atoms with van der Waals surface area (Å²) >= 11 is 3.29. The Morgan fingerprint density at radius 1 is 1.55 bits per heavy atom. The second-order valence-corrected chi connectivity index (χ2v) is 2.79. The number of halogens is 1. The van der Waals surface area contributed by atoms with Gasteiger partial charge in [-0.05, 0) is 22.0 Å². The van der Waals surface area contributed by atoms with Gasteiger partial charge >= 0.3 is 0 Å². The SMILES string of the molecule is COc1cccc([CH]O)c1Br. The molecule has 0 atom stereocenters. The van der Waals surface area contributed by atoms with E-state index in [0.29, 0.717) is 11.3 Å². The second kappa shape index (κ2) is 3.74. The van der Waals surface area contributed by atoms with Crippen LogP contribution in [-0.4, -0.2) is 12.2 Å². The molecule has 0 bridgehead atoms. The van der Waals surface area contributed by atoms with Crippen molar-refractivity contribution in [3.63, 3.8) is 0 Å². The maximum Gasteiger partial charge on any atom is 0.133 e. The highest BCUT2D eigenvalue weighted by Crippen LogP contribution is 2.28. The monoisotopic (exact) mass is 215 g/mol. The van der Waals surface area contributed by atoms with Crippen molar-refractivity contribution >= 4 is 15.9 Å². The second-order valence-electron chi connectivity index (χ2n) is 1.99. The maximum atomic E-state index is 8.73. The van der Waals surface area contributed by atoms with Gasteiger partial charge in [0, 0.05) is 5.56 Å². The number of hydrogen-bond donors (Lipinski definition) is 1. The zero-order chi connectivity index (χ0) is 8.27. The van der Waals surface area contributed by atoms with E-state index in [1.807, 2.05) is 12.1 Å². The first-order valence-corrected chi connectivity index (χ1v) is 3.89. The van der Waals surface area contributed by atoms with E-state index in [0.717, 1.165) is 11.1 Å². The summed E-state index contributed by atoms with van der Waals surface area (Å²) < 4.78 is 5.78. The average molecular weight is 216 g/mol. The van der Waals surface area contributed by atoms with Gasteiger partial charge in [-0.25, -0.2) is 0 Å². The number of methoxy groups -OCH3 is 1. The fourth-order valence-electron chi connectivity index (χ4n) is 0.785. The normalized spacial score (nSPS) is 9.73. The van der Waals surface area contributed by atoms with E-state index >= 15 is 0 Å². The molecule has 1 aromatic carbocycles. The third-order valence-corrected chi connectivity index (χ3v) is 2.20. The maximum absolute atomic E-state index is 8.73. The molecule has 1 aromatic rings. The predicted molar refractivity (Wildman–Crippen MR) is 46.0 cm³/mol. The van der Waals surface area contributed by atoms with Gasteiger partial charge in [0.2, 0.25) is 0 Å². The van der Waals surface area contributed by atoms with Gasteiger partial charge < -0.3 is 9.84 Å². The van der Waals surface area contributed by atoms with E-state index in [-0.39, 0.29) is 0 Å². The smallest absolute Gasteiger partial charge is 0.133 e. The Bertz CT molecular complexity index is 226. The molecule has 0 aromatic heterocycles. The van der Waals surface area contributed by atoms with Crippen molar-refractivity contribution in [2.45, 2.75) is 0 Å². The molecule has 0 spiro atoms. The molecule has 0 saturated heterocycles. The third kappa shape index (κ3) is 1.73. The number of hydrogen-bond acceptors (Lipinski definition) is 2. The molecule has 0 fully saturated rings. The van der Waals surface area contributed by atoms with Crippen molar-refractivity contribution in [1.29, 1.82) is 0 Å². The molecule has 2 nitrogen and oxygen atoms in total. The van der Waals surface area contributed by atoms with Gasteiger partial charge in [-0.15, -0.1) is 0 Å². The minimum atomic E-state index is 0.712. The van der Waals surface area contributed by atoms with Gasteiger partial charge in [-0.1, -0.05) is 12.1 Å². The number of aliphatic hydroxyl groups is 1. The zero-order valence-electron chi connectivity index (χ0n) is 6.04. The standard InChI is InChI=1S/C8H8BrO2/c1-11-7-4-2-3-6(5-10)8(7)9/h2-5,10H,1H3. The lowest BCUT2D eigenvalue weighted by Gasteiger charge is -2.05. The molecule has 59 valence electrons. The molecule has 11 heavy (non-hydrogen) atoms. The largest absolute Gasteiger partial charge is 0.496 e. The lowest BCUT2D eigenvalue weighted by molar-refractivity contribution is 0.401. The van der Waals surface area contributed by atoms with Crippen LogP contribution in [-0.2, 0) is 0 Å². The van der Waals surface area contributed by atoms with E-state index in [2.05, 4.69) is 15.9 Å². The average Bonchev–Trinajstić information content (AvgIpc) is 2.05. The Labute approximate surface area is 73.9 Å². The van der Waals surface area contributed by atoms with E-state index in [9.17, 15) is 0 Å². The summed E-state index contributed by atoms with van der Waals surface area (Å²) in [5.41, 5.74) is 0.712. The van der Waals surface area contributed by atoms with Crippen LogP contribution in [0.4, 0.5) is 0 Å². The van der Waals surface area contributed by atoms with Crippen molar-refractivity contribution in [2.75, 3.05) is 7.11 Å². The third-order valence-electron chi connectivity index (χ3n) is 1.35. The highest BCUT2D eigenvalue weighted by Gasteiger charge is 2.03. The van der Waals surface area contributed by atoms with E-state index in [1.54, 1.807) is 13.2 Å². The van der Waals surface area contributed by atoms with Crippen LogP contribution in [0.25, 0.3) is 0 Å². The van der Waals surface area contributed by atoms with Gasteiger partial charge in [0.15, 0.2) is 0 Å². The molecule has 0 saturated carbocycles. The molecule has 1 N–H and O–H groups in total. The number of ether oxygens (including phenoxy) is 1. The van der Waals surface area contributed by atoms with Gasteiger partial charge in [0.25, 0.3) is 0 Å². The molecular formula is C8H8BrO2. The molecule has 0 aliphatic carbocycles. The van der Waals surface area contributed by atoms with Crippen LogP contribution >= 0.6 is 15.9 Å². The van der Waals surface area contributed by atoms with Crippen molar-refractivity contribution in [3.8, 4) is 5.75 Å². The first kappa shape index (κ1) is 8.56. The summed E-state index contributed by atoms with van der Waals surface area (Å²) in [5.74, 6) is 0.716. The van der Waals surface area contributed by atoms with Crippen LogP contribution in [0.15, 0.2) is 22.7 Å². The summed E-state index contributed by atoms with van der Waals surface area (Å²) in [6, 6.07) is 5.41. The molecule has 0 unspecified atom stereocenters. The molecule has 0 aliphatic rings. The van der Waals surface area contributed by atoms with Crippen molar-refractivity contribution < 1.29 is 9.84 Å². The summed E-state index contributed by atoms with van der Waals surface area (Å²) in [5, 5.41) is 8.73. The van der Waals surface area contributed by atoms with Crippen LogP contribution in [0.5, 0.6) is 5.75 Å². The van der Waals surface area contributed by atoms with Gasteiger partial charge in [-0.2, -0.15) is 0 Å². The minimum Gasteiger partial charge on any atom is -0.496 e. The Morgan fingerprint density at radius 2 is 2.27 bits per heavy atom. The molecule has 1 rings (SSSR count). The van der Waals surface area contributed by atoms with Gasteiger partial charge in [0.1, 0.15) is 12.4 Å². The summed E-state index contributed by atoms with van der Waals surface area (Å²) in [6.45, 7) is 1.03. The molecule has 1 radical (unpaired) electrons. The Hall–Kier alpha value is -0.540. The lowest BCUT2D eigenvalue weighted by Crippen LogP contribution is -1.88. The Kier molecular flexibility index (Phi) is 2.91. The quantitative estimate of drug-likeness (QED) is 0.821. The van der Waals surface area contributed by atoms with E-state index in [1.165, 1.54) is 0 Å². The van der Waals surface area contributed by atoms with Crippen LogP contribution in [0, 0.1) is 6.61 Å². The lowest BCUT2D eigenvalue weighted by atomic mass is 10.2. The van der Waals surface area contributed by atoms with Gasteiger partial charge in [0.05, 0.1) is 11.6 Å². The number of rotatable bonds is 2. The number of benzene rings is 1. The Balaban J connectivity index is 3.10. The molecule has 0 heterocycles. The highest BCUT2D eigenvalue weighted by atomic mass is 79.9. The summed E-state index contributed by atoms with van der Waals surface area (Å²) in [7, 11) is 1.58. The molecule has 3 heteroatoms. The Morgan fingerprint density at radius 3 is 2.82 bits per heavy atom. The van der Waals surface area contributed by atoms with Crippen LogP contribution in [0.1, 0.15) is 5.56 Å². The fraction of sp³-hybridized carbons (Fsp3) is 0.125. The highest BCUT2D eigenvalue weighted by molar-refractivity contribution is 9.10. The zero-order valence-corrected chi connectivity index (χ0v) is 7.63. The van der Waals surface area contributed by atoms with Gasteiger partial charge in [-0.3, -0.25) is 0 Å². The first-order chi connectivity index (χ1) is 5.29. The summed E-state index contributed by atoms with van der Waals surface area (Å²) in [4.78, 5) is 0. The van der Waals surface area contributed by atoms with Crippen LogP contribution < -0.4 is 4.74 Å². The number of aliphatic hydroxyl groups excluding tert-OH is 1.